The van der Waals surface area contributed by atoms with Crippen LogP contribution in [0.2, 0.25) is 0 Å². The molecule has 3 aromatic rings. The lowest BCUT2D eigenvalue weighted by Gasteiger charge is -2.24. The minimum Gasteiger partial charge on any atom is -0.444 e. The Labute approximate surface area is 170 Å². The third kappa shape index (κ3) is 5.19. The van der Waals surface area contributed by atoms with Gasteiger partial charge in [-0.1, -0.05) is 36.4 Å². The first-order valence-corrected chi connectivity index (χ1v) is 8.82. The van der Waals surface area contributed by atoms with Gasteiger partial charge in [0.05, 0.1) is 25.4 Å². The van der Waals surface area contributed by atoms with E-state index in [1.807, 2.05) is 48.5 Å². The first-order valence-electron chi connectivity index (χ1n) is 8.82. The zero-order valence-corrected chi connectivity index (χ0v) is 16.2. The molecule has 0 fully saturated rings. The lowest BCUT2D eigenvalue weighted by Crippen LogP contribution is -2.47. The molecular formula is C21H25ClN2O4. The minimum atomic E-state index is -0.953. The van der Waals surface area contributed by atoms with E-state index in [0.29, 0.717) is 18.7 Å². The van der Waals surface area contributed by atoms with Crippen molar-refractivity contribution in [2.24, 2.45) is 5.73 Å². The number of rotatable bonds is 8. The summed E-state index contributed by atoms with van der Waals surface area (Å²) in [5, 5.41) is 27.6. The third-order valence-electron chi connectivity index (χ3n) is 4.68. The fourth-order valence-corrected chi connectivity index (χ4v) is 2.74. The summed E-state index contributed by atoms with van der Waals surface area (Å²) in [5.41, 5.74) is 9.38. The maximum absolute atomic E-state index is 9.27. The van der Waals surface area contributed by atoms with Crippen molar-refractivity contribution in [2.45, 2.75) is 25.0 Å². The molecule has 0 amide bonds. The van der Waals surface area contributed by atoms with Crippen LogP contribution in [-0.2, 0) is 13.0 Å². The highest BCUT2D eigenvalue weighted by molar-refractivity contribution is 5.85. The van der Waals surface area contributed by atoms with E-state index in [2.05, 4.69) is 4.98 Å². The Morgan fingerprint density at radius 2 is 1.43 bits per heavy atom. The molecule has 0 aliphatic carbocycles. The predicted octanol–water partition coefficient (Wildman–Crippen LogP) is 2.54. The molecule has 0 saturated carbocycles. The van der Waals surface area contributed by atoms with E-state index < -0.39 is 5.54 Å². The number of aromatic nitrogens is 1. The molecule has 7 heteroatoms. The van der Waals surface area contributed by atoms with Crippen LogP contribution in [0.1, 0.15) is 17.5 Å². The van der Waals surface area contributed by atoms with Gasteiger partial charge in [0, 0.05) is 11.1 Å². The SMILES string of the molecule is Cl.NC(CO)(CO)CCc1ccc(-c2coc(-c3ccc(CO)cc3)n2)cc1. The molecule has 0 atom stereocenters. The van der Waals surface area contributed by atoms with Crippen LogP contribution in [0.5, 0.6) is 0 Å². The molecule has 0 saturated heterocycles. The first kappa shape index (κ1) is 22.1. The van der Waals surface area contributed by atoms with Gasteiger partial charge >= 0.3 is 0 Å². The van der Waals surface area contributed by atoms with Gasteiger partial charge in [0.2, 0.25) is 5.89 Å². The summed E-state index contributed by atoms with van der Waals surface area (Å²) in [7, 11) is 0. The fourth-order valence-electron chi connectivity index (χ4n) is 2.74. The van der Waals surface area contributed by atoms with Gasteiger partial charge in [-0.05, 0) is 36.1 Å². The number of halogens is 1. The molecule has 150 valence electrons. The molecule has 0 unspecified atom stereocenters. The van der Waals surface area contributed by atoms with Gasteiger partial charge in [0.15, 0.2) is 0 Å². The van der Waals surface area contributed by atoms with E-state index in [0.717, 1.165) is 27.9 Å². The Kier molecular flexibility index (Phi) is 7.74. The van der Waals surface area contributed by atoms with Crippen LogP contribution in [-0.4, -0.2) is 39.1 Å². The Morgan fingerprint density at radius 1 is 0.857 bits per heavy atom. The van der Waals surface area contributed by atoms with E-state index in [4.69, 9.17) is 15.3 Å². The Bertz CT molecular complexity index is 859. The molecule has 0 bridgehead atoms. The largest absolute Gasteiger partial charge is 0.444 e. The number of nitrogens with zero attached hydrogens (tertiary/aromatic N) is 1. The quantitative estimate of drug-likeness (QED) is 0.459. The molecule has 0 spiro atoms. The zero-order valence-electron chi connectivity index (χ0n) is 15.4. The summed E-state index contributed by atoms with van der Waals surface area (Å²) in [6.07, 6.45) is 2.78. The van der Waals surface area contributed by atoms with E-state index in [1.165, 1.54) is 0 Å². The average Bonchev–Trinajstić information content (AvgIpc) is 3.22. The number of aliphatic hydroxyl groups is 3. The van der Waals surface area contributed by atoms with Crippen molar-refractivity contribution >= 4 is 12.4 Å². The maximum Gasteiger partial charge on any atom is 0.226 e. The van der Waals surface area contributed by atoms with Crippen LogP contribution in [0, 0.1) is 0 Å². The van der Waals surface area contributed by atoms with Crippen molar-refractivity contribution in [3.63, 3.8) is 0 Å². The van der Waals surface area contributed by atoms with Crippen LogP contribution in [0.3, 0.4) is 0 Å². The van der Waals surface area contributed by atoms with Crippen LogP contribution in [0.25, 0.3) is 22.7 Å². The zero-order chi connectivity index (χ0) is 19.3. The molecular weight excluding hydrogens is 380 g/mol. The topological polar surface area (TPSA) is 113 Å². The number of nitrogens with two attached hydrogens (primary N) is 1. The van der Waals surface area contributed by atoms with Gasteiger partial charge in [0.25, 0.3) is 0 Å². The predicted molar refractivity (Wildman–Crippen MR) is 110 cm³/mol. The highest BCUT2D eigenvalue weighted by Crippen LogP contribution is 2.25. The van der Waals surface area contributed by atoms with Crippen molar-refractivity contribution in [1.29, 1.82) is 0 Å². The number of aliphatic hydroxyl groups excluding tert-OH is 3. The average molecular weight is 405 g/mol. The molecule has 1 heterocycles. The maximum atomic E-state index is 9.27. The number of benzene rings is 2. The van der Waals surface area contributed by atoms with E-state index in [-0.39, 0.29) is 32.2 Å². The van der Waals surface area contributed by atoms with Crippen molar-refractivity contribution in [3.8, 4) is 22.7 Å². The number of hydrogen-bond donors (Lipinski definition) is 4. The monoisotopic (exact) mass is 404 g/mol. The van der Waals surface area contributed by atoms with Gasteiger partial charge < -0.3 is 25.5 Å². The van der Waals surface area contributed by atoms with Crippen molar-refractivity contribution in [1.82, 2.24) is 4.98 Å². The molecule has 5 N–H and O–H groups in total. The second-order valence-corrected chi connectivity index (χ2v) is 6.77. The van der Waals surface area contributed by atoms with Crippen molar-refractivity contribution in [2.75, 3.05) is 13.2 Å². The van der Waals surface area contributed by atoms with E-state index in [1.54, 1.807) is 6.26 Å². The normalized spacial score (nSPS) is 11.3. The molecule has 6 nitrogen and oxygen atoms in total. The molecule has 2 aromatic carbocycles. The molecule has 0 aliphatic heterocycles. The standard InChI is InChI=1S/C21H24N2O4.ClH/c22-21(13-25,14-26)10-9-15-1-5-17(6-2-15)19-12-27-20(23-19)18-7-3-16(11-24)4-8-18;/h1-8,12,24-26H,9-11,13-14,22H2;1H. The van der Waals surface area contributed by atoms with Crippen molar-refractivity contribution < 1.29 is 19.7 Å². The van der Waals surface area contributed by atoms with Gasteiger partial charge in [-0.2, -0.15) is 0 Å². The van der Waals surface area contributed by atoms with Crippen LogP contribution < -0.4 is 5.73 Å². The van der Waals surface area contributed by atoms with Crippen molar-refractivity contribution in [3.05, 3.63) is 65.9 Å². The third-order valence-corrected chi connectivity index (χ3v) is 4.68. The van der Waals surface area contributed by atoms with Gasteiger partial charge in [-0.25, -0.2) is 4.98 Å². The molecule has 1 aromatic heterocycles. The van der Waals surface area contributed by atoms with E-state index in [9.17, 15) is 10.2 Å². The Hall–Kier alpha value is -2.22. The number of hydrogen-bond acceptors (Lipinski definition) is 6. The summed E-state index contributed by atoms with van der Waals surface area (Å²) < 4.78 is 5.58. The van der Waals surface area contributed by atoms with Gasteiger partial charge in [-0.15, -0.1) is 12.4 Å². The first-order chi connectivity index (χ1) is 13.1. The lowest BCUT2D eigenvalue weighted by molar-refractivity contribution is 0.115. The molecule has 3 rings (SSSR count). The summed E-state index contributed by atoms with van der Waals surface area (Å²) in [5.74, 6) is 0.525. The molecule has 28 heavy (non-hydrogen) atoms. The van der Waals surface area contributed by atoms with Crippen LogP contribution >= 0.6 is 12.4 Å². The lowest BCUT2D eigenvalue weighted by atomic mass is 9.93. The van der Waals surface area contributed by atoms with Crippen LogP contribution in [0.15, 0.2) is 59.2 Å². The van der Waals surface area contributed by atoms with Gasteiger partial charge in [0.1, 0.15) is 12.0 Å². The Morgan fingerprint density at radius 3 is 2.00 bits per heavy atom. The van der Waals surface area contributed by atoms with E-state index >= 15 is 0 Å². The smallest absolute Gasteiger partial charge is 0.226 e. The molecule has 0 aliphatic rings. The second-order valence-electron chi connectivity index (χ2n) is 6.77. The number of aryl methyl sites for hydroxylation is 1. The second kappa shape index (κ2) is 9.82. The number of oxazole rings is 1. The summed E-state index contributed by atoms with van der Waals surface area (Å²) in [6.45, 7) is -0.490. The summed E-state index contributed by atoms with van der Waals surface area (Å²) >= 11 is 0. The fraction of sp³-hybridized carbons (Fsp3) is 0.286. The highest BCUT2D eigenvalue weighted by atomic mass is 35.5. The molecule has 0 radical (unpaired) electrons. The van der Waals surface area contributed by atoms with Gasteiger partial charge in [-0.3, -0.25) is 0 Å². The Balaban J connectivity index is 0.00000280. The minimum absolute atomic E-state index is 0. The highest BCUT2D eigenvalue weighted by Gasteiger charge is 2.22. The van der Waals surface area contributed by atoms with Crippen LogP contribution in [0.4, 0.5) is 0 Å². The summed E-state index contributed by atoms with van der Waals surface area (Å²) in [6, 6.07) is 15.3. The summed E-state index contributed by atoms with van der Waals surface area (Å²) in [4.78, 5) is 4.53.